The first kappa shape index (κ1) is 13.5. The van der Waals surface area contributed by atoms with Crippen molar-refractivity contribution in [3.05, 3.63) is 54.0 Å². The van der Waals surface area contributed by atoms with E-state index in [1.807, 2.05) is 30.3 Å². The van der Waals surface area contributed by atoms with Crippen molar-refractivity contribution in [2.24, 2.45) is 0 Å². The van der Waals surface area contributed by atoms with Gasteiger partial charge in [-0.15, -0.1) is 0 Å². The fourth-order valence-corrected chi connectivity index (χ4v) is 1.71. The van der Waals surface area contributed by atoms with Crippen LogP contribution in [0.2, 0.25) is 0 Å². The topological polar surface area (TPSA) is 47.0 Å². The zero-order chi connectivity index (χ0) is 13.3. The van der Waals surface area contributed by atoms with Crippen molar-refractivity contribution in [3.63, 3.8) is 0 Å². The standard InChI is InChI=1S/C15H19N3O/c1-2-16-12-13-6-9-18-15(11-13)19-10-7-14-5-3-4-8-17-14/h3-6,8-9,11,16H,2,7,10,12H2,1H3. The summed E-state index contributed by atoms with van der Waals surface area (Å²) >= 11 is 0. The number of rotatable bonds is 7. The molecule has 0 aliphatic carbocycles. The third-order valence-electron chi connectivity index (χ3n) is 2.71. The first-order valence-corrected chi connectivity index (χ1v) is 6.57. The van der Waals surface area contributed by atoms with Crippen LogP contribution in [0.5, 0.6) is 5.88 Å². The SMILES string of the molecule is CCNCc1ccnc(OCCc2ccccn2)c1. The Balaban J connectivity index is 1.82. The maximum atomic E-state index is 5.65. The second-order valence-corrected chi connectivity index (χ2v) is 4.20. The molecule has 4 heteroatoms. The van der Waals surface area contributed by atoms with E-state index in [4.69, 9.17) is 4.74 Å². The maximum absolute atomic E-state index is 5.65. The van der Waals surface area contributed by atoms with Crippen LogP contribution in [0.15, 0.2) is 42.7 Å². The van der Waals surface area contributed by atoms with Crippen molar-refractivity contribution in [3.8, 4) is 5.88 Å². The molecule has 0 aromatic carbocycles. The van der Waals surface area contributed by atoms with E-state index >= 15 is 0 Å². The molecular weight excluding hydrogens is 238 g/mol. The fraction of sp³-hybridized carbons (Fsp3) is 0.333. The molecule has 1 N–H and O–H groups in total. The Morgan fingerprint density at radius 1 is 1.16 bits per heavy atom. The molecule has 2 heterocycles. The Bertz CT molecular complexity index is 488. The zero-order valence-corrected chi connectivity index (χ0v) is 11.2. The molecule has 0 fully saturated rings. The third kappa shape index (κ3) is 4.67. The monoisotopic (exact) mass is 257 g/mol. The average molecular weight is 257 g/mol. The van der Waals surface area contributed by atoms with Crippen LogP contribution in [-0.2, 0) is 13.0 Å². The molecule has 0 amide bonds. The maximum Gasteiger partial charge on any atom is 0.213 e. The van der Waals surface area contributed by atoms with E-state index in [0.29, 0.717) is 12.5 Å². The van der Waals surface area contributed by atoms with E-state index in [-0.39, 0.29) is 0 Å². The molecule has 0 radical (unpaired) electrons. The highest BCUT2D eigenvalue weighted by molar-refractivity contribution is 5.20. The van der Waals surface area contributed by atoms with Gasteiger partial charge in [0.1, 0.15) is 0 Å². The lowest BCUT2D eigenvalue weighted by atomic mass is 10.2. The number of nitrogens with zero attached hydrogens (tertiary/aromatic N) is 2. The molecule has 0 spiro atoms. The summed E-state index contributed by atoms with van der Waals surface area (Å²) in [6, 6.07) is 9.86. The van der Waals surface area contributed by atoms with E-state index in [1.165, 1.54) is 5.56 Å². The van der Waals surface area contributed by atoms with Gasteiger partial charge in [-0.1, -0.05) is 13.0 Å². The normalized spacial score (nSPS) is 10.4. The summed E-state index contributed by atoms with van der Waals surface area (Å²) in [4.78, 5) is 8.47. The van der Waals surface area contributed by atoms with Gasteiger partial charge >= 0.3 is 0 Å². The van der Waals surface area contributed by atoms with Crippen molar-refractivity contribution >= 4 is 0 Å². The van der Waals surface area contributed by atoms with Gasteiger partial charge < -0.3 is 10.1 Å². The molecule has 2 rings (SSSR count). The van der Waals surface area contributed by atoms with Crippen LogP contribution >= 0.6 is 0 Å². The molecule has 2 aromatic heterocycles. The van der Waals surface area contributed by atoms with Crippen molar-refractivity contribution < 1.29 is 4.74 Å². The van der Waals surface area contributed by atoms with Crippen LogP contribution in [0.25, 0.3) is 0 Å². The Labute approximate surface area is 113 Å². The summed E-state index contributed by atoms with van der Waals surface area (Å²) in [6.07, 6.45) is 4.37. The number of aromatic nitrogens is 2. The van der Waals surface area contributed by atoms with Gasteiger partial charge in [0, 0.05) is 37.1 Å². The number of ether oxygens (including phenoxy) is 1. The first-order valence-electron chi connectivity index (χ1n) is 6.57. The molecule has 0 bridgehead atoms. The van der Waals surface area contributed by atoms with Crippen molar-refractivity contribution in [2.45, 2.75) is 19.9 Å². The van der Waals surface area contributed by atoms with Crippen molar-refractivity contribution in [2.75, 3.05) is 13.2 Å². The van der Waals surface area contributed by atoms with Gasteiger partial charge in [0.25, 0.3) is 0 Å². The summed E-state index contributed by atoms with van der Waals surface area (Å²) in [5.74, 6) is 0.673. The number of nitrogens with one attached hydrogen (secondary N) is 1. The van der Waals surface area contributed by atoms with Gasteiger partial charge in [-0.25, -0.2) is 4.98 Å². The molecule has 0 aliphatic heterocycles. The van der Waals surface area contributed by atoms with Gasteiger partial charge in [0.15, 0.2) is 0 Å². The molecule has 4 nitrogen and oxygen atoms in total. The van der Waals surface area contributed by atoms with E-state index in [2.05, 4.69) is 22.2 Å². The Kier molecular flexibility index (Phi) is 5.31. The third-order valence-corrected chi connectivity index (χ3v) is 2.71. The lowest BCUT2D eigenvalue weighted by molar-refractivity contribution is 0.308. The molecule has 100 valence electrons. The lowest BCUT2D eigenvalue weighted by Crippen LogP contribution is -2.12. The van der Waals surface area contributed by atoms with Crippen LogP contribution in [0.4, 0.5) is 0 Å². The van der Waals surface area contributed by atoms with Crippen LogP contribution in [-0.4, -0.2) is 23.1 Å². The summed E-state index contributed by atoms with van der Waals surface area (Å²) in [6.45, 7) is 4.48. The summed E-state index contributed by atoms with van der Waals surface area (Å²) in [7, 11) is 0. The molecule has 0 unspecified atom stereocenters. The second kappa shape index (κ2) is 7.48. The zero-order valence-electron chi connectivity index (χ0n) is 11.2. The van der Waals surface area contributed by atoms with Gasteiger partial charge in [0.2, 0.25) is 5.88 Å². The van der Waals surface area contributed by atoms with Gasteiger partial charge in [-0.3, -0.25) is 4.98 Å². The molecule has 0 aliphatic rings. The van der Waals surface area contributed by atoms with E-state index in [0.717, 1.165) is 25.2 Å². The minimum absolute atomic E-state index is 0.592. The minimum Gasteiger partial charge on any atom is -0.477 e. The predicted octanol–water partition coefficient (Wildman–Crippen LogP) is 2.21. The summed E-state index contributed by atoms with van der Waals surface area (Å²) < 4.78 is 5.65. The highest BCUT2D eigenvalue weighted by Crippen LogP contribution is 2.09. The molecular formula is C15H19N3O. The molecule has 0 saturated carbocycles. The van der Waals surface area contributed by atoms with Gasteiger partial charge in [-0.2, -0.15) is 0 Å². The Hall–Kier alpha value is -1.94. The van der Waals surface area contributed by atoms with E-state index in [1.54, 1.807) is 12.4 Å². The number of pyridine rings is 2. The average Bonchev–Trinajstić information content (AvgIpc) is 2.47. The number of hydrogen-bond donors (Lipinski definition) is 1. The predicted molar refractivity (Wildman–Crippen MR) is 75.1 cm³/mol. The lowest BCUT2D eigenvalue weighted by Gasteiger charge is -2.07. The molecule has 0 saturated heterocycles. The molecule has 0 atom stereocenters. The minimum atomic E-state index is 0.592. The van der Waals surface area contributed by atoms with Gasteiger partial charge in [-0.05, 0) is 30.3 Å². The fourth-order valence-electron chi connectivity index (χ4n) is 1.71. The summed E-state index contributed by atoms with van der Waals surface area (Å²) in [5, 5.41) is 3.28. The second-order valence-electron chi connectivity index (χ2n) is 4.20. The van der Waals surface area contributed by atoms with Crippen LogP contribution in [0.3, 0.4) is 0 Å². The van der Waals surface area contributed by atoms with E-state index in [9.17, 15) is 0 Å². The number of hydrogen-bond acceptors (Lipinski definition) is 4. The Morgan fingerprint density at radius 3 is 2.89 bits per heavy atom. The highest BCUT2D eigenvalue weighted by Gasteiger charge is 1.99. The first-order chi connectivity index (χ1) is 9.38. The highest BCUT2D eigenvalue weighted by atomic mass is 16.5. The van der Waals surface area contributed by atoms with Crippen LogP contribution < -0.4 is 10.1 Å². The Morgan fingerprint density at radius 2 is 2.11 bits per heavy atom. The smallest absolute Gasteiger partial charge is 0.213 e. The van der Waals surface area contributed by atoms with E-state index < -0.39 is 0 Å². The van der Waals surface area contributed by atoms with Crippen molar-refractivity contribution in [1.29, 1.82) is 0 Å². The van der Waals surface area contributed by atoms with Crippen LogP contribution in [0.1, 0.15) is 18.2 Å². The van der Waals surface area contributed by atoms with Gasteiger partial charge in [0.05, 0.1) is 6.61 Å². The van der Waals surface area contributed by atoms with Crippen LogP contribution in [0, 0.1) is 0 Å². The quantitative estimate of drug-likeness (QED) is 0.826. The van der Waals surface area contributed by atoms with Crippen molar-refractivity contribution in [1.82, 2.24) is 15.3 Å². The molecule has 2 aromatic rings. The molecule has 19 heavy (non-hydrogen) atoms. The largest absolute Gasteiger partial charge is 0.477 e. The summed E-state index contributed by atoms with van der Waals surface area (Å²) in [5.41, 5.74) is 2.22.